The third kappa shape index (κ3) is 3.41. The molecule has 142 valence electrons. The highest BCUT2D eigenvalue weighted by Gasteiger charge is 2.18. The molecule has 6 nitrogen and oxygen atoms in total. The molecule has 0 spiro atoms. The average molecular weight is 374 g/mol. The Morgan fingerprint density at radius 2 is 1.96 bits per heavy atom. The topological polar surface area (TPSA) is 73.1 Å². The SMILES string of the molecule is COc1ccc2oc(C(C)Nc3cc(C)nc(-c4cccnc4)n3)c(C)c2c1. The third-order valence-corrected chi connectivity index (χ3v) is 4.71. The Morgan fingerprint density at radius 3 is 2.71 bits per heavy atom. The van der Waals surface area contributed by atoms with E-state index in [-0.39, 0.29) is 6.04 Å². The molecule has 1 unspecified atom stereocenters. The summed E-state index contributed by atoms with van der Waals surface area (Å²) in [5.41, 5.74) is 3.70. The second-order valence-corrected chi connectivity index (χ2v) is 6.78. The summed E-state index contributed by atoms with van der Waals surface area (Å²) >= 11 is 0. The molecule has 0 aliphatic heterocycles. The number of pyridine rings is 1. The van der Waals surface area contributed by atoms with Crippen LogP contribution in [-0.2, 0) is 0 Å². The summed E-state index contributed by atoms with van der Waals surface area (Å²) in [6, 6.07) is 11.5. The van der Waals surface area contributed by atoms with Gasteiger partial charge in [-0.2, -0.15) is 0 Å². The first-order valence-corrected chi connectivity index (χ1v) is 9.15. The predicted octanol–water partition coefficient (Wildman–Crippen LogP) is 5.08. The van der Waals surface area contributed by atoms with Crippen molar-refractivity contribution in [3.63, 3.8) is 0 Å². The molecule has 0 aliphatic carbocycles. The standard InChI is InChI=1S/C22H22N4O2/c1-13-10-20(26-22(24-13)16-6-5-9-23-12-16)25-15(3)21-14(2)18-11-17(27-4)7-8-19(18)28-21/h5-12,15H,1-4H3,(H,24,25,26). The second-order valence-electron chi connectivity index (χ2n) is 6.78. The lowest BCUT2D eigenvalue weighted by atomic mass is 10.1. The normalized spacial score (nSPS) is 12.1. The van der Waals surface area contributed by atoms with Crippen molar-refractivity contribution >= 4 is 16.8 Å². The van der Waals surface area contributed by atoms with E-state index < -0.39 is 0 Å². The fourth-order valence-corrected chi connectivity index (χ4v) is 3.31. The number of aromatic nitrogens is 3. The minimum Gasteiger partial charge on any atom is -0.497 e. The maximum absolute atomic E-state index is 6.11. The van der Waals surface area contributed by atoms with Crippen LogP contribution in [0, 0.1) is 13.8 Å². The Bertz CT molecular complexity index is 1120. The molecule has 1 atom stereocenters. The van der Waals surface area contributed by atoms with Crippen LogP contribution in [0.2, 0.25) is 0 Å². The van der Waals surface area contributed by atoms with E-state index in [1.165, 1.54) is 0 Å². The number of anilines is 1. The Balaban J connectivity index is 1.65. The van der Waals surface area contributed by atoms with Gasteiger partial charge in [-0.1, -0.05) is 0 Å². The van der Waals surface area contributed by atoms with Crippen molar-refractivity contribution in [3.8, 4) is 17.1 Å². The smallest absolute Gasteiger partial charge is 0.163 e. The summed E-state index contributed by atoms with van der Waals surface area (Å²) in [5.74, 6) is 3.09. The number of benzene rings is 1. The molecule has 3 heterocycles. The van der Waals surface area contributed by atoms with E-state index in [1.807, 2.05) is 43.3 Å². The molecule has 3 aromatic heterocycles. The zero-order valence-electron chi connectivity index (χ0n) is 16.4. The second kappa shape index (κ2) is 7.31. The van der Waals surface area contributed by atoms with E-state index in [4.69, 9.17) is 9.15 Å². The van der Waals surface area contributed by atoms with Gasteiger partial charge in [0.1, 0.15) is 22.9 Å². The van der Waals surface area contributed by atoms with E-state index in [0.29, 0.717) is 5.82 Å². The first-order valence-electron chi connectivity index (χ1n) is 9.15. The van der Waals surface area contributed by atoms with Crippen molar-refractivity contribution in [1.29, 1.82) is 0 Å². The highest BCUT2D eigenvalue weighted by Crippen LogP contribution is 2.33. The molecule has 28 heavy (non-hydrogen) atoms. The average Bonchev–Trinajstić information content (AvgIpc) is 3.04. The number of nitrogens with one attached hydrogen (secondary N) is 1. The Morgan fingerprint density at radius 1 is 1.11 bits per heavy atom. The van der Waals surface area contributed by atoms with E-state index >= 15 is 0 Å². The summed E-state index contributed by atoms with van der Waals surface area (Å²) in [6.45, 7) is 6.07. The minimum absolute atomic E-state index is 0.0607. The number of methoxy groups -OCH3 is 1. The summed E-state index contributed by atoms with van der Waals surface area (Å²) in [6.07, 6.45) is 3.50. The number of fused-ring (bicyclic) bond motifs is 1. The molecule has 0 aliphatic rings. The predicted molar refractivity (Wildman–Crippen MR) is 110 cm³/mol. The zero-order chi connectivity index (χ0) is 19.7. The molecule has 0 bridgehead atoms. The number of rotatable bonds is 5. The van der Waals surface area contributed by atoms with Gasteiger partial charge in [0, 0.05) is 40.7 Å². The highest BCUT2D eigenvalue weighted by molar-refractivity contribution is 5.83. The summed E-state index contributed by atoms with van der Waals surface area (Å²) in [7, 11) is 1.67. The lowest BCUT2D eigenvalue weighted by molar-refractivity contribution is 0.415. The van der Waals surface area contributed by atoms with E-state index in [2.05, 4.69) is 34.1 Å². The van der Waals surface area contributed by atoms with Crippen molar-refractivity contribution in [2.24, 2.45) is 0 Å². The Kier molecular flexibility index (Phi) is 4.69. The van der Waals surface area contributed by atoms with Crippen LogP contribution in [0.5, 0.6) is 5.75 Å². The van der Waals surface area contributed by atoms with Crippen molar-refractivity contribution in [2.45, 2.75) is 26.8 Å². The summed E-state index contributed by atoms with van der Waals surface area (Å²) < 4.78 is 11.4. The monoisotopic (exact) mass is 374 g/mol. The van der Waals surface area contributed by atoms with Gasteiger partial charge in [-0.15, -0.1) is 0 Å². The van der Waals surface area contributed by atoms with Crippen LogP contribution in [0.1, 0.15) is 30.0 Å². The Hall–Kier alpha value is -3.41. The highest BCUT2D eigenvalue weighted by atomic mass is 16.5. The van der Waals surface area contributed by atoms with Gasteiger partial charge in [0.05, 0.1) is 13.2 Å². The molecule has 0 saturated heterocycles. The zero-order valence-corrected chi connectivity index (χ0v) is 16.4. The van der Waals surface area contributed by atoms with Gasteiger partial charge in [-0.25, -0.2) is 9.97 Å². The van der Waals surface area contributed by atoms with Gasteiger partial charge in [0.2, 0.25) is 0 Å². The van der Waals surface area contributed by atoms with Gasteiger partial charge in [0.15, 0.2) is 5.82 Å². The van der Waals surface area contributed by atoms with Crippen LogP contribution in [0.3, 0.4) is 0 Å². The lowest BCUT2D eigenvalue weighted by Crippen LogP contribution is -2.09. The maximum Gasteiger partial charge on any atom is 0.163 e. The van der Waals surface area contributed by atoms with Crippen LogP contribution >= 0.6 is 0 Å². The van der Waals surface area contributed by atoms with Gasteiger partial charge >= 0.3 is 0 Å². The number of furan rings is 1. The van der Waals surface area contributed by atoms with Crippen LogP contribution in [-0.4, -0.2) is 22.1 Å². The molecular formula is C22H22N4O2. The molecule has 4 aromatic rings. The van der Waals surface area contributed by atoms with Crippen LogP contribution < -0.4 is 10.1 Å². The van der Waals surface area contributed by atoms with Gasteiger partial charge in [-0.3, -0.25) is 4.98 Å². The minimum atomic E-state index is -0.0607. The molecule has 4 rings (SSSR count). The lowest BCUT2D eigenvalue weighted by Gasteiger charge is -2.14. The quantitative estimate of drug-likeness (QED) is 0.525. The molecule has 1 aromatic carbocycles. The number of ether oxygens (including phenoxy) is 1. The third-order valence-electron chi connectivity index (χ3n) is 4.71. The first kappa shape index (κ1) is 18.0. The largest absolute Gasteiger partial charge is 0.497 e. The molecule has 0 amide bonds. The number of hydrogen-bond donors (Lipinski definition) is 1. The number of hydrogen-bond acceptors (Lipinski definition) is 6. The molecule has 0 fully saturated rings. The first-order chi connectivity index (χ1) is 13.5. The number of nitrogens with zero attached hydrogens (tertiary/aromatic N) is 3. The molecule has 0 radical (unpaired) electrons. The maximum atomic E-state index is 6.11. The summed E-state index contributed by atoms with van der Waals surface area (Å²) in [4.78, 5) is 13.3. The van der Waals surface area contributed by atoms with Crippen molar-refractivity contribution in [2.75, 3.05) is 12.4 Å². The van der Waals surface area contributed by atoms with Crippen LogP contribution in [0.15, 0.2) is 53.2 Å². The number of aryl methyl sites for hydroxylation is 2. The molecule has 0 saturated carbocycles. The van der Waals surface area contributed by atoms with E-state index in [9.17, 15) is 0 Å². The Labute approximate surface area is 163 Å². The molecule has 6 heteroatoms. The molecular weight excluding hydrogens is 352 g/mol. The van der Waals surface area contributed by atoms with Crippen LogP contribution in [0.4, 0.5) is 5.82 Å². The fourth-order valence-electron chi connectivity index (χ4n) is 3.31. The molecule has 1 N–H and O–H groups in total. The van der Waals surface area contributed by atoms with Gasteiger partial charge in [0.25, 0.3) is 0 Å². The summed E-state index contributed by atoms with van der Waals surface area (Å²) in [5, 5.41) is 4.50. The van der Waals surface area contributed by atoms with E-state index in [0.717, 1.165) is 45.1 Å². The van der Waals surface area contributed by atoms with Crippen molar-refractivity contribution in [3.05, 3.63) is 65.8 Å². The van der Waals surface area contributed by atoms with Gasteiger partial charge < -0.3 is 14.5 Å². The fraction of sp³-hybridized carbons (Fsp3) is 0.227. The van der Waals surface area contributed by atoms with E-state index in [1.54, 1.807) is 19.5 Å². The van der Waals surface area contributed by atoms with Crippen molar-refractivity contribution < 1.29 is 9.15 Å². The van der Waals surface area contributed by atoms with Crippen molar-refractivity contribution in [1.82, 2.24) is 15.0 Å². The van der Waals surface area contributed by atoms with Crippen LogP contribution in [0.25, 0.3) is 22.4 Å². The van der Waals surface area contributed by atoms with Gasteiger partial charge in [-0.05, 0) is 51.1 Å².